The number of benzene rings is 2. The molecule has 2 aromatic carbocycles. The fourth-order valence-corrected chi connectivity index (χ4v) is 2.40. The molecule has 2 rings (SSSR count). The van der Waals surface area contributed by atoms with Crippen molar-refractivity contribution < 1.29 is 54.6 Å². The molecule has 0 saturated heterocycles. The molecule has 2 aromatic rings. The van der Waals surface area contributed by atoms with Gasteiger partial charge in [-0.2, -0.15) is 25.3 Å². The van der Waals surface area contributed by atoms with Gasteiger partial charge in [0.05, 0.1) is 6.54 Å². The highest BCUT2D eigenvalue weighted by molar-refractivity contribution is 7.80. The number of carboxylic acids is 5. The fourth-order valence-electron chi connectivity index (χ4n) is 2.08. The van der Waals surface area contributed by atoms with Gasteiger partial charge in [-0.1, -0.05) is 42.5 Å². The molecule has 4 atom stereocenters. The van der Waals surface area contributed by atoms with Crippen molar-refractivity contribution in [2.45, 2.75) is 37.0 Å². The minimum absolute atomic E-state index is 0.160. The molecule has 0 heterocycles. The van der Waals surface area contributed by atoms with Crippen LogP contribution in [0.4, 0.5) is 0 Å². The summed E-state index contributed by atoms with van der Waals surface area (Å²) in [6, 6.07) is 12.3. The normalized spacial score (nSPS) is 12.2. The monoisotopic (exact) mass is 663 g/mol. The summed E-state index contributed by atoms with van der Waals surface area (Å²) in [7, 11) is 0. The van der Waals surface area contributed by atoms with E-state index in [0.29, 0.717) is 6.42 Å². The van der Waals surface area contributed by atoms with Crippen molar-refractivity contribution in [1.82, 2.24) is 0 Å². The van der Waals surface area contributed by atoms with Crippen molar-refractivity contribution in [1.29, 1.82) is 0 Å². The third-order valence-electron chi connectivity index (χ3n) is 4.53. The number of thiol groups is 2. The van der Waals surface area contributed by atoms with Crippen LogP contribution in [0.5, 0.6) is 5.75 Å². The summed E-state index contributed by atoms with van der Waals surface area (Å²) < 4.78 is 0. The molecule has 0 aliphatic carbocycles. The van der Waals surface area contributed by atoms with Crippen molar-refractivity contribution in [3.63, 3.8) is 0 Å². The van der Waals surface area contributed by atoms with Crippen LogP contribution < -0.4 is 28.7 Å². The average Bonchev–Trinajstić information content (AvgIpc) is 2.98. The number of carboxylic acid groups (broad SMARTS) is 5. The van der Waals surface area contributed by atoms with Gasteiger partial charge in [0, 0.05) is 11.5 Å². The quantitative estimate of drug-likeness (QED) is 0.124. The van der Waals surface area contributed by atoms with Gasteiger partial charge in [-0.15, -0.1) is 0 Å². The van der Waals surface area contributed by atoms with Crippen molar-refractivity contribution in [2.75, 3.05) is 18.1 Å². The maximum atomic E-state index is 10.4. The van der Waals surface area contributed by atoms with E-state index in [9.17, 15) is 24.0 Å². The van der Waals surface area contributed by atoms with Gasteiger partial charge >= 0.3 is 29.8 Å². The molecule has 18 heteroatoms. The van der Waals surface area contributed by atoms with Gasteiger partial charge in [-0.3, -0.25) is 24.0 Å². The van der Waals surface area contributed by atoms with E-state index in [2.05, 4.69) is 31.0 Å². The first-order valence-electron chi connectivity index (χ1n) is 12.3. The van der Waals surface area contributed by atoms with Gasteiger partial charge in [0.2, 0.25) is 0 Å². The molecular formula is C26H41N5O11S2. The van der Waals surface area contributed by atoms with E-state index in [1.165, 1.54) is 12.1 Å². The summed E-state index contributed by atoms with van der Waals surface area (Å²) in [6.45, 7) is -0.278. The van der Waals surface area contributed by atoms with Gasteiger partial charge in [-0.25, -0.2) is 0 Å². The maximum absolute atomic E-state index is 10.4. The summed E-state index contributed by atoms with van der Waals surface area (Å²) in [6.07, 6.45) is 0.659. The molecule has 0 saturated carbocycles. The summed E-state index contributed by atoms with van der Waals surface area (Å²) >= 11 is 7.30. The predicted octanol–water partition coefficient (Wildman–Crippen LogP) is -1.33. The lowest BCUT2D eigenvalue weighted by atomic mass is 10.1. The molecule has 0 amide bonds. The number of aliphatic carboxylic acids is 5. The highest BCUT2D eigenvalue weighted by Crippen LogP contribution is 2.10. The van der Waals surface area contributed by atoms with Crippen LogP contribution in [-0.2, 0) is 36.8 Å². The molecule has 0 aromatic heterocycles. The number of phenols is 1. The number of carbonyl (C=O) groups is 5. The fraction of sp³-hybridized carbons (Fsp3) is 0.346. The summed E-state index contributed by atoms with van der Waals surface area (Å²) in [5.74, 6) is -4.42. The Morgan fingerprint density at radius 2 is 0.864 bits per heavy atom. The number of phenolic OH excluding ortho intramolecular Hbond substituents is 1. The third kappa shape index (κ3) is 27.0. The lowest BCUT2D eigenvalue weighted by molar-refractivity contribution is -0.139. The van der Waals surface area contributed by atoms with E-state index >= 15 is 0 Å². The summed E-state index contributed by atoms with van der Waals surface area (Å²) in [4.78, 5) is 49.5. The van der Waals surface area contributed by atoms with E-state index in [4.69, 9.17) is 53.6 Å². The zero-order valence-corrected chi connectivity index (χ0v) is 25.3. The third-order valence-corrected chi connectivity index (χ3v) is 5.31. The Morgan fingerprint density at radius 1 is 0.568 bits per heavy atom. The molecule has 0 unspecified atom stereocenters. The zero-order valence-electron chi connectivity index (χ0n) is 23.5. The minimum Gasteiger partial charge on any atom is -0.508 e. The van der Waals surface area contributed by atoms with E-state index < -0.39 is 54.0 Å². The molecule has 0 aliphatic rings. The van der Waals surface area contributed by atoms with Crippen LogP contribution in [0.25, 0.3) is 0 Å². The summed E-state index contributed by atoms with van der Waals surface area (Å²) in [5.41, 5.74) is 26.9. The van der Waals surface area contributed by atoms with Crippen LogP contribution in [-0.4, -0.2) is 103 Å². The van der Waals surface area contributed by atoms with E-state index in [0.717, 1.165) is 11.1 Å². The first-order valence-corrected chi connectivity index (χ1v) is 13.6. The van der Waals surface area contributed by atoms with E-state index in [1.807, 2.05) is 30.3 Å². The van der Waals surface area contributed by atoms with Crippen LogP contribution in [0.2, 0.25) is 0 Å². The Labute approximate surface area is 264 Å². The van der Waals surface area contributed by atoms with Crippen LogP contribution in [0.1, 0.15) is 11.1 Å². The second-order valence-electron chi connectivity index (χ2n) is 8.30. The lowest BCUT2D eigenvalue weighted by Gasteiger charge is -2.05. The van der Waals surface area contributed by atoms with Crippen LogP contribution in [0.3, 0.4) is 0 Å². The Morgan fingerprint density at radius 3 is 1.09 bits per heavy atom. The van der Waals surface area contributed by atoms with Gasteiger partial charge in [0.25, 0.3) is 0 Å². The number of rotatable bonds is 11. The largest absolute Gasteiger partial charge is 0.508 e. The van der Waals surface area contributed by atoms with Crippen molar-refractivity contribution in [3.05, 3.63) is 65.7 Å². The zero-order chi connectivity index (χ0) is 34.8. The number of hydrogen-bond acceptors (Lipinski definition) is 13. The Balaban J connectivity index is -0.000000501. The van der Waals surface area contributed by atoms with Crippen molar-refractivity contribution >= 4 is 55.1 Å². The molecule has 0 fully saturated rings. The second kappa shape index (κ2) is 26.7. The van der Waals surface area contributed by atoms with E-state index in [-0.39, 0.29) is 30.2 Å². The minimum atomic E-state index is -1.02. The number of nitrogens with two attached hydrogens (primary N) is 5. The average molecular weight is 664 g/mol. The molecular weight excluding hydrogens is 622 g/mol. The van der Waals surface area contributed by atoms with Gasteiger partial charge in [0.15, 0.2) is 0 Å². The Hall–Kier alpha value is -3.91. The molecule has 0 radical (unpaired) electrons. The molecule has 16 nitrogen and oxygen atoms in total. The van der Waals surface area contributed by atoms with Gasteiger partial charge in [0.1, 0.15) is 29.9 Å². The van der Waals surface area contributed by atoms with Gasteiger partial charge in [-0.05, 0) is 36.1 Å². The molecule has 248 valence electrons. The first kappa shape index (κ1) is 44.5. The highest BCUT2D eigenvalue weighted by atomic mass is 32.1. The number of aromatic hydroxyl groups is 1. The first-order chi connectivity index (χ1) is 20.4. The standard InChI is InChI=1S/C9H11NO3.C9H11NO2.2C3H7NO2S.C2H5NO2/c10-8(9(12)13)5-6-1-3-7(11)4-2-6;10-8(9(11)12)6-7-4-2-1-3-5-7;2*4-2(1-7)3(5)6;3-1-2(4)5/h1-4,8,11H,5,10H2,(H,12,13);1-5,8H,6,10H2,(H,11,12);2*2,7H,1,4H2,(H,5,6);1,3H2,(H,4,5)/t2*8-;2*2-;/m0000./s1. The predicted molar refractivity (Wildman–Crippen MR) is 169 cm³/mol. The smallest absolute Gasteiger partial charge is 0.321 e. The van der Waals surface area contributed by atoms with Crippen LogP contribution in [0, 0.1) is 0 Å². The molecule has 0 spiro atoms. The molecule has 44 heavy (non-hydrogen) atoms. The van der Waals surface area contributed by atoms with Crippen molar-refractivity contribution in [3.8, 4) is 5.75 Å². The number of hydrogen-bond donors (Lipinski definition) is 13. The van der Waals surface area contributed by atoms with Crippen LogP contribution >= 0.6 is 25.3 Å². The topological polar surface area (TPSA) is 337 Å². The SMILES string of the molecule is NCC(=O)O.N[C@@H](CS)C(=O)O.N[C@@H](CS)C(=O)O.N[C@@H](Cc1ccc(O)cc1)C(=O)O.N[C@@H](Cc1ccccc1)C(=O)O. The Kier molecular flexibility index (Phi) is 27.0. The molecule has 16 N–H and O–H groups in total. The van der Waals surface area contributed by atoms with Gasteiger partial charge < -0.3 is 59.3 Å². The molecule has 0 bridgehead atoms. The van der Waals surface area contributed by atoms with Crippen LogP contribution in [0.15, 0.2) is 54.6 Å². The Bertz CT molecular complexity index is 1090. The summed E-state index contributed by atoms with van der Waals surface area (Å²) in [5, 5.41) is 49.6. The van der Waals surface area contributed by atoms with Crippen molar-refractivity contribution in [2.24, 2.45) is 28.7 Å². The lowest BCUT2D eigenvalue weighted by Crippen LogP contribution is -2.32. The second-order valence-corrected chi connectivity index (χ2v) is 9.03. The van der Waals surface area contributed by atoms with E-state index in [1.54, 1.807) is 12.1 Å². The highest BCUT2D eigenvalue weighted by Gasteiger charge is 2.12. The maximum Gasteiger partial charge on any atom is 0.321 e. The molecule has 0 aliphatic heterocycles.